The van der Waals surface area contributed by atoms with Gasteiger partial charge < -0.3 is 9.47 Å². The molecule has 29 heavy (non-hydrogen) atoms. The molecule has 1 N–H and O–H groups in total. The zero-order valence-electron chi connectivity index (χ0n) is 16.3. The lowest BCUT2D eigenvalue weighted by Crippen LogP contribution is -2.27. The first-order valence-corrected chi connectivity index (χ1v) is 11.5. The highest BCUT2D eigenvalue weighted by Gasteiger charge is 2.30. The van der Waals surface area contributed by atoms with E-state index in [-0.39, 0.29) is 0 Å². The molecule has 1 aromatic heterocycles. The minimum Gasteiger partial charge on any atom is -0.497 e. The molecule has 3 aromatic rings. The third-order valence-electron chi connectivity index (χ3n) is 4.82. The summed E-state index contributed by atoms with van der Waals surface area (Å²) >= 11 is 1.63. The Hall–Kier alpha value is -2.55. The summed E-state index contributed by atoms with van der Waals surface area (Å²) in [5.74, 6) is 0.824. The SMILES string of the molecule is CCc1c(C=C2Oc3ccc(OC)cc3N2CS(=O)(=O)O)sc2ccc(C)cc12. The van der Waals surface area contributed by atoms with Crippen molar-refractivity contribution in [2.45, 2.75) is 20.3 Å². The number of ether oxygens (including phenoxy) is 2. The number of hydrogen-bond acceptors (Lipinski definition) is 6. The van der Waals surface area contributed by atoms with E-state index in [9.17, 15) is 13.0 Å². The van der Waals surface area contributed by atoms with Crippen molar-refractivity contribution >= 4 is 43.3 Å². The minimum absolute atomic E-state index is 0.351. The largest absolute Gasteiger partial charge is 0.497 e. The van der Waals surface area contributed by atoms with Gasteiger partial charge in [-0.25, -0.2) is 0 Å². The number of thiophene rings is 1. The van der Waals surface area contributed by atoms with Crippen molar-refractivity contribution in [1.82, 2.24) is 0 Å². The first kappa shape index (κ1) is 19.8. The summed E-state index contributed by atoms with van der Waals surface area (Å²) in [7, 11) is -2.74. The Morgan fingerprint density at radius 2 is 2.03 bits per heavy atom. The average molecular weight is 432 g/mol. The van der Waals surface area contributed by atoms with E-state index >= 15 is 0 Å². The van der Waals surface area contributed by atoms with Gasteiger partial charge in [-0.2, -0.15) is 8.42 Å². The Balaban J connectivity index is 1.85. The third kappa shape index (κ3) is 3.83. The maximum Gasteiger partial charge on any atom is 0.283 e. The third-order valence-corrected chi connectivity index (χ3v) is 6.56. The van der Waals surface area contributed by atoms with Crippen molar-refractivity contribution in [3.63, 3.8) is 0 Å². The van der Waals surface area contributed by atoms with Gasteiger partial charge in [0.15, 0.2) is 11.6 Å². The molecule has 0 fully saturated rings. The summed E-state index contributed by atoms with van der Waals surface area (Å²) in [5, 5.41) is 1.20. The molecule has 0 radical (unpaired) electrons. The van der Waals surface area contributed by atoms with Crippen LogP contribution in [0.4, 0.5) is 5.69 Å². The quantitative estimate of drug-likeness (QED) is 0.584. The highest BCUT2D eigenvalue weighted by molar-refractivity contribution is 7.85. The van der Waals surface area contributed by atoms with Crippen LogP contribution in [0, 0.1) is 6.92 Å². The molecule has 0 aliphatic carbocycles. The van der Waals surface area contributed by atoms with Gasteiger partial charge in [-0.1, -0.05) is 24.6 Å². The molecule has 0 saturated carbocycles. The van der Waals surface area contributed by atoms with Crippen LogP contribution in [0.1, 0.15) is 22.9 Å². The van der Waals surface area contributed by atoms with Crippen molar-refractivity contribution in [3.8, 4) is 11.5 Å². The van der Waals surface area contributed by atoms with Gasteiger partial charge in [0, 0.05) is 21.7 Å². The van der Waals surface area contributed by atoms with Gasteiger partial charge in [-0.15, -0.1) is 11.3 Å². The van der Waals surface area contributed by atoms with Gasteiger partial charge in [-0.3, -0.25) is 9.45 Å². The molecule has 0 spiro atoms. The van der Waals surface area contributed by atoms with Gasteiger partial charge in [0.25, 0.3) is 10.1 Å². The Morgan fingerprint density at radius 3 is 2.72 bits per heavy atom. The fourth-order valence-electron chi connectivity index (χ4n) is 3.49. The summed E-state index contributed by atoms with van der Waals surface area (Å²) in [6, 6.07) is 11.5. The van der Waals surface area contributed by atoms with Gasteiger partial charge in [-0.05, 0) is 42.5 Å². The Kier molecular flexibility index (Phi) is 5.02. The highest BCUT2D eigenvalue weighted by Crippen LogP contribution is 2.43. The van der Waals surface area contributed by atoms with Gasteiger partial charge in [0.2, 0.25) is 5.88 Å². The lowest BCUT2D eigenvalue weighted by Gasteiger charge is -2.16. The van der Waals surface area contributed by atoms with Gasteiger partial charge in [0.05, 0.1) is 12.8 Å². The molecule has 0 bridgehead atoms. The molecule has 0 atom stereocenters. The van der Waals surface area contributed by atoms with Crippen LogP contribution in [0.5, 0.6) is 11.5 Å². The Labute approximate surface area is 173 Å². The monoisotopic (exact) mass is 431 g/mol. The molecule has 0 amide bonds. The van der Waals surface area contributed by atoms with Crippen molar-refractivity contribution < 1.29 is 22.4 Å². The van der Waals surface area contributed by atoms with Crippen LogP contribution in [0.25, 0.3) is 16.2 Å². The van der Waals surface area contributed by atoms with E-state index in [0.29, 0.717) is 23.1 Å². The molecular formula is C21H21NO5S2. The fraction of sp³-hybridized carbons (Fsp3) is 0.238. The molecule has 1 aliphatic heterocycles. The Morgan fingerprint density at radius 1 is 1.24 bits per heavy atom. The number of anilines is 1. The minimum atomic E-state index is -4.27. The van der Waals surface area contributed by atoms with E-state index in [4.69, 9.17) is 9.47 Å². The second-order valence-electron chi connectivity index (χ2n) is 6.86. The molecule has 0 unspecified atom stereocenters. The van der Waals surface area contributed by atoms with Crippen molar-refractivity contribution in [2.24, 2.45) is 0 Å². The van der Waals surface area contributed by atoms with E-state index in [1.807, 2.05) is 6.08 Å². The van der Waals surface area contributed by atoms with Gasteiger partial charge in [0.1, 0.15) is 5.75 Å². The normalized spacial score (nSPS) is 15.0. The summed E-state index contributed by atoms with van der Waals surface area (Å²) in [5.41, 5.74) is 2.90. The van der Waals surface area contributed by atoms with Crippen molar-refractivity contribution in [3.05, 3.63) is 58.3 Å². The van der Waals surface area contributed by atoms with Crippen LogP contribution < -0.4 is 14.4 Å². The lowest BCUT2D eigenvalue weighted by molar-refractivity contribution is 0.413. The van der Waals surface area contributed by atoms with E-state index in [0.717, 1.165) is 16.0 Å². The molecular weight excluding hydrogens is 410 g/mol. The first-order chi connectivity index (χ1) is 13.8. The molecule has 2 aromatic carbocycles. The predicted octanol–water partition coefficient (Wildman–Crippen LogP) is 4.82. The van der Waals surface area contributed by atoms with E-state index in [2.05, 4.69) is 32.0 Å². The molecule has 2 heterocycles. The van der Waals surface area contributed by atoms with Crippen LogP contribution in [0.2, 0.25) is 0 Å². The topological polar surface area (TPSA) is 76.1 Å². The molecule has 6 nitrogen and oxygen atoms in total. The average Bonchev–Trinajstić information content (AvgIpc) is 3.17. The number of fused-ring (bicyclic) bond motifs is 2. The van der Waals surface area contributed by atoms with Crippen LogP contribution in [0.15, 0.2) is 42.3 Å². The number of aryl methyl sites for hydroxylation is 2. The second kappa shape index (κ2) is 7.37. The van der Waals surface area contributed by atoms with Crippen LogP contribution in [-0.4, -0.2) is 26.0 Å². The molecule has 4 rings (SSSR count). The number of hydrogen-bond donors (Lipinski definition) is 1. The van der Waals surface area contributed by atoms with E-state index < -0.39 is 16.0 Å². The maximum absolute atomic E-state index is 11.7. The van der Waals surface area contributed by atoms with E-state index in [1.54, 1.807) is 29.5 Å². The van der Waals surface area contributed by atoms with Crippen LogP contribution in [0.3, 0.4) is 0 Å². The number of nitrogens with zero attached hydrogens (tertiary/aromatic N) is 1. The van der Waals surface area contributed by atoms with Crippen molar-refractivity contribution in [2.75, 3.05) is 17.9 Å². The second-order valence-corrected chi connectivity index (χ2v) is 9.36. The smallest absolute Gasteiger partial charge is 0.283 e. The van der Waals surface area contributed by atoms with Crippen LogP contribution in [-0.2, 0) is 16.5 Å². The highest BCUT2D eigenvalue weighted by atomic mass is 32.2. The maximum atomic E-state index is 11.7. The molecule has 1 aliphatic rings. The zero-order chi connectivity index (χ0) is 20.8. The molecule has 8 heteroatoms. The summed E-state index contributed by atoms with van der Waals surface area (Å²) < 4.78 is 45.1. The first-order valence-electron chi connectivity index (χ1n) is 9.11. The molecule has 0 saturated heterocycles. The van der Waals surface area contributed by atoms with Crippen LogP contribution >= 0.6 is 11.3 Å². The van der Waals surface area contributed by atoms with Crippen molar-refractivity contribution in [1.29, 1.82) is 0 Å². The number of rotatable bonds is 5. The lowest BCUT2D eigenvalue weighted by atomic mass is 10.1. The zero-order valence-corrected chi connectivity index (χ0v) is 17.9. The molecule has 152 valence electrons. The number of benzene rings is 2. The van der Waals surface area contributed by atoms with E-state index in [1.165, 1.54) is 28.5 Å². The summed E-state index contributed by atoms with van der Waals surface area (Å²) in [6.45, 7) is 4.16. The Bertz CT molecular complexity index is 1230. The standard InChI is InChI=1S/C21H21NO5S2/c1-4-15-16-9-13(2)5-8-19(16)28-20(15)11-21-22(12-29(23,24)25)17-10-14(26-3)6-7-18(17)27-21/h5-11H,4,12H2,1-3H3,(H,23,24,25). The fourth-order valence-corrected chi connectivity index (χ4v) is 5.28. The number of methoxy groups -OCH3 is 1. The summed E-state index contributed by atoms with van der Waals surface area (Å²) in [6.07, 6.45) is 2.68. The van der Waals surface area contributed by atoms with Gasteiger partial charge >= 0.3 is 0 Å². The summed E-state index contributed by atoms with van der Waals surface area (Å²) in [4.78, 5) is 2.45. The predicted molar refractivity (Wildman–Crippen MR) is 116 cm³/mol.